The lowest BCUT2D eigenvalue weighted by atomic mass is 10.1. The second-order valence-electron chi connectivity index (χ2n) is 4.38. The monoisotopic (exact) mass is 229 g/mol. The fourth-order valence-corrected chi connectivity index (χ4v) is 2.23. The van der Waals surface area contributed by atoms with Gasteiger partial charge in [0.25, 0.3) is 0 Å². The summed E-state index contributed by atoms with van der Waals surface area (Å²) in [6.45, 7) is 0.979. The molecule has 1 saturated heterocycles. The number of fused-ring (bicyclic) bond motifs is 1. The van der Waals surface area contributed by atoms with E-state index in [0.29, 0.717) is 13.2 Å². The van der Waals surface area contributed by atoms with Crippen molar-refractivity contribution in [1.82, 2.24) is 0 Å². The van der Waals surface area contributed by atoms with E-state index in [9.17, 15) is 5.11 Å². The molecule has 0 amide bonds. The zero-order valence-electron chi connectivity index (χ0n) is 9.47. The average molecular weight is 229 g/mol. The minimum atomic E-state index is -0.422. The standard InChI is InChI=1S/C14H15NO2/c16-14-9-17-8-13(14)15-12-7-3-5-10-4-1-2-6-11(10)12/h1-7,13-16H,8-9H2/t13-,14-/m0/s1. The quantitative estimate of drug-likeness (QED) is 0.827. The summed E-state index contributed by atoms with van der Waals surface area (Å²) in [6.07, 6.45) is -0.422. The molecule has 2 aromatic carbocycles. The Hall–Kier alpha value is -1.58. The SMILES string of the molecule is O[C@H]1COC[C@@H]1Nc1cccc2ccccc12. The highest BCUT2D eigenvalue weighted by molar-refractivity contribution is 5.93. The molecular weight excluding hydrogens is 214 g/mol. The van der Waals surface area contributed by atoms with Crippen LogP contribution in [0.1, 0.15) is 0 Å². The van der Waals surface area contributed by atoms with Crippen molar-refractivity contribution in [3.63, 3.8) is 0 Å². The topological polar surface area (TPSA) is 41.5 Å². The number of aliphatic hydroxyl groups is 1. The summed E-state index contributed by atoms with van der Waals surface area (Å²) in [5, 5.41) is 15.5. The molecule has 1 heterocycles. The molecule has 1 aliphatic heterocycles. The highest BCUT2D eigenvalue weighted by Crippen LogP contribution is 2.24. The van der Waals surface area contributed by atoms with Crippen LogP contribution in [-0.2, 0) is 4.74 Å². The maximum absolute atomic E-state index is 9.73. The number of aliphatic hydroxyl groups excluding tert-OH is 1. The highest BCUT2D eigenvalue weighted by atomic mass is 16.5. The van der Waals surface area contributed by atoms with Crippen LogP contribution >= 0.6 is 0 Å². The predicted molar refractivity (Wildman–Crippen MR) is 68.2 cm³/mol. The van der Waals surface area contributed by atoms with Gasteiger partial charge in [0.05, 0.1) is 25.4 Å². The number of hydrogen-bond donors (Lipinski definition) is 2. The molecule has 0 spiro atoms. The molecule has 3 rings (SSSR count). The summed E-state index contributed by atoms with van der Waals surface area (Å²) in [6, 6.07) is 14.3. The van der Waals surface area contributed by atoms with Gasteiger partial charge in [-0.3, -0.25) is 0 Å². The van der Waals surface area contributed by atoms with Crippen molar-refractivity contribution in [3.05, 3.63) is 42.5 Å². The van der Waals surface area contributed by atoms with Crippen molar-refractivity contribution in [2.75, 3.05) is 18.5 Å². The van der Waals surface area contributed by atoms with Gasteiger partial charge in [-0.1, -0.05) is 36.4 Å². The molecule has 1 fully saturated rings. The predicted octanol–water partition coefficient (Wildman–Crippen LogP) is 2.01. The van der Waals surface area contributed by atoms with Crippen molar-refractivity contribution >= 4 is 16.5 Å². The first-order chi connectivity index (χ1) is 8.34. The molecule has 3 nitrogen and oxygen atoms in total. The Balaban J connectivity index is 1.94. The molecule has 0 unspecified atom stereocenters. The Bertz CT molecular complexity index is 521. The average Bonchev–Trinajstić information content (AvgIpc) is 2.76. The van der Waals surface area contributed by atoms with Crippen molar-refractivity contribution < 1.29 is 9.84 Å². The number of benzene rings is 2. The highest BCUT2D eigenvalue weighted by Gasteiger charge is 2.26. The van der Waals surface area contributed by atoms with Crippen LogP contribution < -0.4 is 5.32 Å². The van der Waals surface area contributed by atoms with E-state index in [4.69, 9.17) is 4.74 Å². The van der Waals surface area contributed by atoms with Gasteiger partial charge in [0, 0.05) is 11.1 Å². The minimum Gasteiger partial charge on any atom is -0.388 e. The van der Waals surface area contributed by atoms with Crippen LogP contribution in [-0.4, -0.2) is 30.5 Å². The molecule has 0 bridgehead atoms. The van der Waals surface area contributed by atoms with E-state index in [1.165, 1.54) is 10.8 Å². The lowest BCUT2D eigenvalue weighted by molar-refractivity contribution is 0.125. The number of nitrogens with one attached hydrogen (secondary N) is 1. The van der Waals surface area contributed by atoms with Gasteiger partial charge in [0.2, 0.25) is 0 Å². The maximum Gasteiger partial charge on any atom is 0.0996 e. The molecule has 1 aliphatic rings. The number of rotatable bonds is 2. The fraction of sp³-hybridized carbons (Fsp3) is 0.286. The molecule has 2 N–H and O–H groups in total. The van der Waals surface area contributed by atoms with Gasteiger partial charge in [-0.15, -0.1) is 0 Å². The molecule has 2 atom stereocenters. The first-order valence-corrected chi connectivity index (χ1v) is 5.85. The van der Waals surface area contributed by atoms with E-state index >= 15 is 0 Å². The second-order valence-corrected chi connectivity index (χ2v) is 4.38. The molecule has 0 saturated carbocycles. The molecular formula is C14H15NO2. The lowest BCUT2D eigenvalue weighted by Crippen LogP contribution is -2.31. The third-order valence-corrected chi connectivity index (χ3v) is 3.18. The third-order valence-electron chi connectivity index (χ3n) is 3.18. The molecule has 2 aromatic rings. The summed E-state index contributed by atoms with van der Waals surface area (Å²) in [5.74, 6) is 0. The Morgan fingerprint density at radius 2 is 1.88 bits per heavy atom. The van der Waals surface area contributed by atoms with Crippen molar-refractivity contribution in [2.24, 2.45) is 0 Å². The van der Waals surface area contributed by atoms with Crippen molar-refractivity contribution in [1.29, 1.82) is 0 Å². The van der Waals surface area contributed by atoms with Gasteiger partial charge in [-0.05, 0) is 11.5 Å². The van der Waals surface area contributed by atoms with Gasteiger partial charge in [-0.2, -0.15) is 0 Å². The molecule has 17 heavy (non-hydrogen) atoms. The van der Waals surface area contributed by atoms with Crippen molar-refractivity contribution in [2.45, 2.75) is 12.1 Å². The molecule has 0 aromatic heterocycles. The summed E-state index contributed by atoms with van der Waals surface area (Å²) in [5.41, 5.74) is 1.05. The third kappa shape index (κ3) is 1.99. The summed E-state index contributed by atoms with van der Waals surface area (Å²) in [4.78, 5) is 0. The van der Waals surface area contributed by atoms with Gasteiger partial charge in [0.15, 0.2) is 0 Å². The second kappa shape index (κ2) is 4.35. The molecule has 0 aliphatic carbocycles. The summed E-state index contributed by atoms with van der Waals surface area (Å²) in [7, 11) is 0. The van der Waals surface area contributed by atoms with Crippen LogP contribution in [0.25, 0.3) is 10.8 Å². The van der Waals surface area contributed by atoms with Crippen LogP contribution in [0.4, 0.5) is 5.69 Å². The zero-order valence-corrected chi connectivity index (χ0v) is 9.47. The Kier molecular flexibility index (Phi) is 2.71. The Morgan fingerprint density at radius 1 is 1.06 bits per heavy atom. The van der Waals surface area contributed by atoms with Crippen molar-refractivity contribution in [3.8, 4) is 0 Å². The molecule has 88 valence electrons. The van der Waals surface area contributed by atoms with E-state index in [1.807, 2.05) is 24.3 Å². The van der Waals surface area contributed by atoms with Crippen LogP contribution in [0.2, 0.25) is 0 Å². The Labute approximate surface area is 100 Å². The van der Waals surface area contributed by atoms with Crippen LogP contribution in [0.5, 0.6) is 0 Å². The van der Waals surface area contributed by atoms with Gasteiger partial charge < -0.3 is 15.2 Å². The van der Waals surface area contributed by atoms with Gasteiger partial charge in [0.1, 0.15) is 0 Å². The van der Waals surface area contributed by atoms with E-state index in [2.05, 4.69) is 23.5 Å². The number of anilines is 1. The minimum absolute atomic E-state index is 0.0131. The molecule has 0 radical (unpaired) electrons. The first-order valence-electron chi connectivity index (χ1n) is 5.85. The van der Waals surface area contributed by atoms with Crippen LogP contribution in [0.15, 0.2) is 42.5 Å². The van der Waals surface area contributed by atoms with E-state index in [1.54, 1.807) is 0 Å². The smallest absolute Gasteiger partial charge is 0.0996 e. The fourth-order valence-electron chi connectivity index (χ4n) is 2.23. The first kappa shape index (κ1) is 10.6. The van der Waals surface area contributed by atoms with Gasteiger partial charge >= 0.3 is 0 Å². The lowest BCUT2D eigenvalue weighted by Gasteiger charge is -2.17. The van der Waals surface area contributed by atoms with Gasteiger partial charge in [-0.25, -0.2) is 0 Å². The number of hydrogen-bond acceptors (Lipinski definition) is 3. The van der Waals surface area contributed by atoms with Crippen LogP contribution in [0.3, 0.4) is 0 Å². The largest absolute Gasteiger partial charge is 0.388 e. The normalized spacial score (nSPS) is 24.1. The number of ether oxygens (including phenoxy) is 1. The van der Waals surface area contributed by atoms with E-state index < -0.39 is 6.10 Å². The van der Waals surface area contributed by atoms with E-state index in [0.717, 1.165) is 5.69 Å². The maximum atomic E-state index is 9.73. The molecule has 3 heteroatoms. The summed E-state index contributed by atoms with van der Waals surface area (Å²) >= 11 is 0. The Morgan fingerprint density at radius 3 is 2.71 bits per heavy atom. The summed E-state index contributed by atoms with van der Waals surface area (Å²) < 4.78 is 5.24. The van der Waals surface area contributed by atoms with E-state index in [-0.39, 0.29) is 6.04 Å². The zero-order chi connectivity index (χ0) is 11.7. The van der Waals surface area contributed by atoms with Crippen LogP contribution in [0, 0.1) is 0 Å².